The molecule has 1 N–H and O–H groups in total. The summed E-state index contributed by atoms with van der Waals surface area (Å²) in [6, 6.07) is 20.1. The fourth-order valence-electron chi connectivity index (χ4n) is 4.60. The average molecular weight is 612 g/mol. The van der Waals surface area contributed by atoms with Gasteiger partial charge in [-0.25, -0.2) is 8.42 Å². The molecular formula is C33H42ClN3O4S. The second kappa shape index (κ2) is 15.2. The molecule has 0 radical (unpaired) electrons. The zero-order chi connectivity index (χ0) is 30.9. The molecule has 1 atom stereocenters. The summed E-state index contributed by atoms with van der Waals surface area (Å²) in [7, 11) is -4.11. The molecule has 1 unspecified atom stereocenters. The van der Waals surface area contributed by atoms with E-state index in [0.29, 0.717) is 23.7 Å². The Labute approximate surface area is 255 Å². The molecule has 3 aromatic rings. The van der Waals surface area contributed by atoms with Crippen molar-refractivity contribution in [1.29, 1.82) is 0 Å². The van der Waals surface area contributed by atoms with E-state index in [0.717, 1.165) is 33.8 Å². The number of sulfonamides is 1. The van der Waals surface area contributed by atoms with Crippen LogP contribution in [0.4, 0.5) is 5.69 Å². The van der Waals surface area contributed by atoms with Gasteiger partial charge in [-0.15, -0.1) is 0 Å². The van der Waals surface area contributed by atoms with Gasteiger partial charge in [0.25, 0.3) is 10.0 Å². The number of halogens is 1. The second-order valence-electron chi connectivity index (χ2n) is 10.8. The summed E-state index contributed by atoms with van der Waals surface area (Å²) < 4.78 is 29.2. The Morgan fingerprint density at radius 1 is 0.905 bits per heavy atom. The molecule has 226 valence electrons. The van der Waals surface area contributed by atoms with E-state index in [1.165, 1.54) is 4.90 Å². The molecule has 0 fully saturated rings. The number of aryl methyl sites for hydroxylation is 1. The van der Waals surface area contributed by atoms with Gasteiger partial charge in [-0.3, -0.25) is 13.9 Å². The molecule has 0 spiro atoms. The van der Waals surface area contributed by atoms with Crippen molar-refractivity contribution in [2.75, 3.05) is 17.4 Å². The number of rotatable bonds is 14. The first-order chi connectivity index (χ1) is 20.0. The van der Waals surface area contributed by atoms with Crippen molar-refractivity contribution in [3.8, 4) is 0 Å². The van der Waals surface area contributed by atoms with Crippen molar-refractivity contribution < 1.29 is 18.0 Å². The molecule has 0 bridgehead atoms. The highest BCUT2D eigenvalue weighted by atomic mass is 35.5. The Morgan fingerprint density at radius 3 is 2.07 bits per heavy atom. The van der Waals surface area contributed by atoms with Crippen LogP contribution in [-0.4, -0.2) is 44.3 Å². The Hall–Kier alpha value is -3.36. The second-order valence-corrected chi connectivity index (χ2v) is 13.1. The van der Waals surface area contributed by atoms with Crippen molar-refractivity contribution in [2.24, 2.45) is 0 Å². The van der Waals surface area contributed by atoms with Crippen LogP contribution in [0.1, 0.15) is 69.6 Å². The van der Waals surface area contributed by atoms with E-state index in [1.807, 2.05) is 32.9 Å². The van der Waals surface area contributed by atoms with E-state index in [2.05, 4.69) is 19.2 Å². The minimum absolute atomic E-state index is 0.0856. The van der Waals surface area contributed by atoms with Crippen LogP contribution in [0.5, 0.6) is 0 Å². The van der Waals surface area contributed by atoms with Crippen LogP contribution in [0.2, 0.25) is 5.02 Å². The minimum atomic E-state index is -4.11. The highest BCUT2D eigenvalue weighted by molar-refractivity contribution is 7.92. The van der Waals surface area contributed by atoms with Crippen molar-refractivity contribution in [3.05, 3.63) is 94.5 Å². The lowest BCUT2D eigenvalue weighted by atomic mass is 10.0. The molecule has 0 aliphatic carbocycles. The van der Waals surface area contributed by atoms with Crippen LogP contribution >= 0.6 is 11.6 Å². The summed E-state index contributed by atoms with van der Waals surface area (Å²) in [6.07, 6.45) is 2.11. The van der Waals surface area contributed by atoms with Gasteiger partial charge < -0.3 is 10.2 Å². The molecule has 3 aromatic carbocycles. The number of benzene rings is 3. The first-order valence-corrected chi connectivity index (χ1v) is 16.3. The van der Waals surface area contributed by atoms with Crippen LogP contribution in [0.25, 0.3) is 0 Å². The van der Waals surface area contributed by atoms with Crippen molar-refractivity contribution in [1.82, 2.24) is 10.2 Å². The van der Waals surface area contributed by atoms with Crippen LogP contribution in [0.15, 0.2) is 77.7 Å². The minimum Gasteiger partial charge on any atom is -0.354 e. The smallest absolute Gasteiger partial charge is 0.264 e. The molecule has 9 heteroatoms. The summed E-state index contributed by atoms with van der Waals surface area (Å²) >= 11 is 6.09. The van der Waals surface area contributed by atoms with E-state index in [1.54, 1.807) is 60.7 Å². The monoisotopic (exact) mass is 611 g/mol. The Balaban J connectivity index is 2.04. The van der Waals surface area contributed by atoms with Crippen LogP contribution in [0, 0.1) is 6.92 Å². The highest BCUT2D eigenvalue weighted by Crippen LogP contribution is 2.27. The zero-order valence-corrected chi connectivity index (χ0v) is 26.7. The SMILES string of the molecule is CCCCNC(=O)C(CC)N(Cc1ccc(Cl)cc1)C(=O)CN(c1ccc(C(C)C)cc1)S(=O)(=O)c1ccc(C)cc1. The highest BCUT2D eigenvalue weighted by Gasteiger charge is 2.33. The maximum absolute atomic E-state index is 14.2. The number of nitrogens with one attached hydrogen (secondary N) is 1. The number of amides is 2. The molecule has 7 nitrogen and oxygen atoms in total. The van der Waals surface area contributed by atoms with Gasteiger partial charge in [-0.2, -0.15) is 0 Å². The standard InChI is InChI=1S/C33H42ClN3O4S/c1-6-8-21-35-33(39)31(7-2)36(22-26-11-15-28(34)16-12-26)32(38)23-37(29-17-13-27(14-18-29)24(3)4)42(40,41)30-19-9-25(5)10-20-30/h9-20,24,31H,6-8,21-23H2,1-5H3,(H,35,39). The normalized spacial score (nSPS) is 12.2. The zero-order valence-electron chi connectivity index (χ0n) is 25.1. The molecule has 0 heterocycles. The summed E-state index contributed by atoms with van der Waals surface area (Å²) in [4.78, 5) is 29.0. The largest absolute Gasteiger partial charge is 0.354 e. The van der Waals surface area contributed by atoms with E-state index in [-0.39, 0.29) is 23.3 Å². The maximum atomic E-state index is 14.2. The van der Waals surface area contributed by atoms with Gasteiger partial charge in [0.05, 0.1) is 10.6 Å². The topological polar surface area (TPSA) is 86.8 Å². The molecular weight excluding hydrogens is 570 g/mol. The molecule has 0 aromatic heterocycles. The van der Waals surface area contributed by atoms with Gasteiger partial charge in [0.15, 0.2) is 0 Å². The van der Waals surface area contributed by atoms with Gasteiger partial charge >= 0.3 is 0 Å². The number of carbonyl (C=O) groups excluding carboxylic acids is 2. The third-order valence-electron chi connectivity index (χ3n) is 7.22. The van der Waals surface area contributed by atoms with Crippen LogP contribution < -0.4 is 9.62 Å². The molecule has 2 amide bonds. The third-order valence-corrected chi connectivity index (χ3v) is 9.26. The fourth-order valence-corrected chi connectivity index (χ4v) is 6.14. The number of unbranched alkanes of at least 4 members (excludes halogenated alkanes) is 1. The Kier molecular flexibility index (Phi) is 12.0. The molecule has 0 aliphatic rings. The molecule has 0 saturated carbocycles. The first-order valence-electron chi connectivity index (χ1n) is 14.5. The first kappa shape index (κ1) is 33.1. The summed E-state index contributed by atoms with van der Waals surface area (Å²) in [5, 5.41) is 3.50. The van der Waals surface area contributed by atoms with E-state index in [9.17, 15) is 18.0 Å². The molecule has 42 heavy (non-hydrogen) atoms. The van der Waals surface area contributed by atoms with Gasteiger partial charge in [-0.05, 0) is 73.2 Å². The fraction of sp³-hybridized carbons (Fsp3) is 0.394. The summed E-state index contributed by atoms with van der Waals surface area (Å²) in [5.74, 6) is -0.484. The number of anilines is 1. The van der Waals surface area contributed by atoms with E-state index >= 15 is 0 Å². The predicted molar refractivity (Wildman–Crippen MR) is 170 cm³/mol. The quantitative estimate of drug-likeness (QED) is 0.206. The van der Waals surface area contributed by atoms with Crippen molar-refractivity contribution in [3.63, 3.8) is 0 Å². The summed E-state index contributed by atoms with van der Waals surface area (Å²) in [5.41, 5.74) is 3.13. The third kappa shape index (κ3) is 8.58. The molecule has 0 saturated heterocycles. The van der Waals surface area contributed by atoms with E-state index in [4.69, 9.17) is 11.6 Å². The molecule has 3 rings (SSSR count). The van der Waals surface area contributed by atoms with Gasteiger partial charge in [-0.1, -0.05) is 87.7 Å². The van der Waals surface area contributed by atoms with Crippen LogP contribution in [-0.2, 0) is 26.2 Å². The Bertz CT molecular complexity index is 1420. The number of hydrogen-bond acceptors (Lipinski definition) is 4. The maximum Gasteiger partial charge on any atom is 0.264 e. The van der Waals surface area contributed by atoms with Gasteiger partial charge in [0, 0.05) is 18.1 Å². The van der Waals surface area contributed by atoms with Gasteiger partial charge in [0.2, 0.25) is 11.8 Å². The lowest BCUT2D eigenvalue weighted by Gasteiger charge is -2.33. The number of nitrogens with zero attached hydrogens (tertiary/aromatic N) is 2. The van der Waals surface area contributed by atoms with Crippen molar-refractivity contribution >= 4 is 39.1 Å². The lowest BCUT2D eigenvalue weighted by Crippen LogP contribution is -2.52. The van der Waals surface area contributed by atoms with Gasteiger partial charge in [0.1, 0.15) is 12.6 Å². The van der Waals surface area contributed by atoms with Crippen molar-refractivity contribution in [2.45, 2.75) is 77.3 Å². The van der Waals surface area contributed by atoms with E-state index < -0.39 is 28.5 Å². The number of hydrogen-bond donors (Lipinski definition) is 1. The molecule has 0 aliphatic heterocycles. The lowest BCUT2D eigenvalue weighted by molar-refractivity contribution is -0.140. The predicted octanol–water partition coefficient (Wildman–Crippen LogP) is 6.69. The van der Waals surface area contributed by atoms with Crippen LogP contribution in [0.3, 0.4) is 0 Å². The number of carbonyl (C=O) groups is 2. The summed E-state index contributed by atoms with van der Waals surface area (Å²) in [6.45, 7) is 10.0. The average Bonchev–Trinajstić information content (AvgIpc) is 2.97. The Morgan fingerprint density at radius 2 is 1.52 bits per heavy atom.